The number of pyridine rings is 2. The lowest BCUT2D eigenvalue weighted by Gasteiger charge is -2.15. The van der Waals surface area contributed by atoms with Crippen LogP contribution in [0.5, 0.6) is 5.75 Å². The van der Waals surface area contributed by atoms with Gasteiger partial charge in [-0.3, -0.25) is 9.78 Å². The fourth-order valence-corrected chi connectivity index (χ4v) is 3.48. The molecule has 0 bridgehead atoms. The van der Waals surface area contributed by atoms with Crippen LogP contribution in [0, 0.1) is 12.7 Å². The second kappa shape index (κ2) is 9.15. The summed E-state index contributed by atoms with van der Waals surface area (Å²) in [6, 6.07) is 7.85. The van der Waals surface area contributed by atoms with Gasteiger partial charge in [-0.2, -0.15) is 0 Å². The zero-order chi connectivity index (χ0) is 21.0. The minimum atomic E-state index is -2.56. The smallest absolute Gasteiger partial charge is 0.258 e. The second-order valence-corrected chi connectivity index (χ2v) is 7.52. The minimum Gasteiger partial charge on any atom is -0.505 e. The topological polar surface area (TPSA) is 101 Å². The molecule has 0 aliphatic carbocycles. The molecule has 1 aromatic carbocycles. The van der Waals surface area contributed by atoms with Gasteiger partial charge in [0.15, 0.2) is 16.5 Å². The van der Waals surface area contributed by atoms with E-state index in [0.29, 0.717) is 11.9 Å². The molecular weight excluding hydrogens is 397 g/mol. The summed E-state index contributed by atoms with van der Waals surface area (Å²) in [5.41, 5.74) is 2.15. The molecular formula is C20H21FN3O4S. The van der Waals surface area contributed by atoms with Crippen molar-refractivity contribution >= 4 is 21.7 Å². The Kier molecular flexibility index (Phi) is 6.60. The highest BCUT2D eigenvalue weighted by Gasteiger charge is 2.16. The van der Waals surface area contributed by atoms with Gasteiger partial charge in [0.05, 0.1) is 17.0 Å². The molecule has 0 aliphatic rings. The number of aromatic hydroxyl groups is 1. The summed E-state index contributed by atoms with van der Waals surface area (Å²) in [6.45, 7) is 4.15. The van der Waals surface area contributed by atoms with Crippen molar-refractivity contribution < 1.29 is 17.9 Å². The summed E-state index contributed by atoms with van der Waals surface area (Å²) in [6.07, 6.45) is 2.18. The number of aromatic nitrogens is 2. The standard InChI is InChI=1S/C20H21FN3O4S/c1-2-16-19(25)18-17(24(20(16)26)8-7-22-12-29(27)28)10-14(11-23-18)9-13-3-5-15(21)6-4-13/h3-6,10-11,22,25,29H,1-2,7-9,12H2. The van der Waals surface area contributed by atoms with Gasteiger partial charge in [-0.25, -0.2) is 12.8 Å². The van der Waals surface area contributed by atoms with E-state index in [1.54, 1.807) is 24.4 Å². The SMILES string of the molecule is [CH2]Cc1c(O)c2ncc(Cc3ccc(F)cc3)cc2n(CCNC[SH](=O)=O)c1=O. The normalized spacial score (nSPS) is 11.4. The maximum Gasteiger partial charge on any atom is 0.258 e. The van der Waals surface area contributed by atoms with E-state index in [9.17, 15) is 22.7 Å². The van der Waals surface area contributed by atoms with Crippen LogP contribution in [0.3, 0.4) is 0 Å². The minimum absolute atomic E-state index is 0.0967. The van der Waals surface area contributed by atoms with Crippen LogP contribution in [-0.2, 0) is 30.1 Å². The summed E-state index contributed by atoms with van der Waals surface area (Å²) in [5.74, 6) is -0.701. The van der Waals surface area contributed by atoms with Gasteiger partial charge in [-0.15, -0.1) is 0 Å². The van der Waals surface area contributed by atoms with Crippen molar-refractivity contribution in [2.45, 2.75) is 19.4 Å². The average molecular weight is 418 g/mol. The van der Waals surface area contributed by atoms with Crippen LogP contribution in [0.25, 0.3) is 11.0 Å². The molecule has 2 heterocycles. The lowest BCUT2D eigenvalue weighted by Crippen LogP contribution is -2.30. The number of hydrogen-bond donors (Lipinski definition) is 3. The first-order valence-corrected chi connectivity index (χ1v) is 10.4. The maximum atomic E-state index is 13.1. The van der Waals surface area contributed by atoms with Gasteiger partial charge in [0.2, 0.25) is 0 Å². The highest BCUT2D eigenvalue weighted by Crippen LogP contribution is 2.26. The van der Waals surface area contributed by atoms with Crippen molar-refractivity contribution in [3.8, 4) is 5.75 Å². The molecule has 3 aromatic rings. The van der Waals surface area contributed by atoms with Crippen molar-refractivity contribution in [2.24, 2.45) is 0 Å². The van der Waals surface area contributed by atoms with Crippen LogP contribution in [0.2, 0.25) is 0 Å². The molecule has 0 saturated carbocycles. The lowest BCUT2D eigenvalue weighted by atomic mass is 10.0. The average Bonchev–Trinajstić information content (AvgIpc) is 2.69. The van der Waals surface area contributed by atoms with Gasteiger partial charge < -0.3 is 15.0 Å². The molecule has 153 valence electrons. The molecule has 0 fully saturated rings. The Morgan fingerprint density at radius 3 is 2.59 bits per heavy atom. The van der Waals surface area contributed by atoms with Crippen LogP contribution in [-0.4, -0.2) is 35.5 Å². The van der Waals surface area contributed by atoms with E-state index >= 15 is 0 Å². The quantitative estimate of drug-likeness (QED) is 0.377. The number of hydrogen-bond acceptors (Lipinski definition) is 6. The van der Waals surface area contributed by atoms with Gasteiger partial charge in [-0.05, 0) is 49.1 Å². The van der Waals surface area contributed by atoms with E-state index in [0.717, 1.165) is 11.1 Å². The Bertz CT molecular complexity index is 1150. The third-order valence-electron chi connectivity index (χ3n) is 4.55. The zero-order valence-electron chi connectivity index (χ0n) is 15.6. The summed E-state index contributed by atoms with van der Waals surface area (Å²) in [7, 11) is -2.56. The molecule has 0 atom stereocenters. The summed E-state index contributed by atoms with van der Waals surface area (Å²) < 4.78 is 36.0. The second-order valence-electron chi connectivity index (χ2n) is 6.54. The molecule has 9 heteroatoms. The molecule has 0 aliphatic heterocycles. The molecule has 0 unspecified atom stereocenters. The number of rotatable bonds is 8. The first kappa shape index (κ1) is 20.9. The number of fused-ring (bicyclic) bond motifs is 1. The van der Waals surface area contributed by atoms with Crippen LogP contribution in [0.4, 0.5) is 4.39 Å². The van der Waals surface area contributed by atoms with E-state index in [4.69, 9.17) is 0 Å². The lowest BCUT2D eigenvalue weighted by molar-refractivity contribution is 0.470. The molecule has 0 spiro atoms. The Morgan fingerprint density at radius 1 is 1.21 bits per heavy atom. The van der Waals surface area contributed by atoms with Crippen LogP contribution in [0.15, 0.2) is 41.3 Å². The molecule has 0 saturated heterocycles. The van der Waals surface area contributed by atoms with Crippen LogP contribution >= 0.6 is 0 Å². The third-order valence-corrected chi connectivity index (χ3v) is 5.03. The predicted molar refractivity (Wildman–Crippen MR) is 109 cm³/mol. The Balaban J connectivity index is 2.02. The van der Waals surface area contributed by atoms with E-state index in [1.807, 2.05) is 0 Å². The summed E-state index contributed by atoms with van der Waals surface area (Å²) >= 11 is 0. The van der Waals surface area contributed by atoms with Crippen molar-refractivity contribution in [3.05, 3.63) is 76.3 Å². The monoisotopic (exact) mass is 418 g/mol. The molecule has 7 nitrogen and oxygen atoms in total. The van der Waals surface area contributed by atoms with Gasteiger partial charge in [0.25, 0.3) is 5.56 Å². The molecule has 2 aromatic heterocycles. The Labute approximate surface area is 168 Å². The van der Waals surface area contributed by atoms with Crippen LogP contribution in [0.1, 0.15) is 16.7 Å². The first-order chi connectivity index (χ1) is 13.9. The van der Waals surface area contributed by atoms with E-state index in [-0.39, 0.29) is 53.6 Å². The van der Waals surface area contributed by atoms with Gasteiger partial charge >= 0.3 is 0 Å². The predicted octanol–water partition coefficient (Wildman–Crippen LogP) is 1.37. The molecule has 29 heavy (non-hydrogen) atoms. The summed E-state index contributed by atoms with van der Waals surface area (Å²) in [5, 5.41) is 13.2. The number of nitrogens with one attached hydrogen (secondary N) is 1. The first-order valence-electron chi connectivity index (χ1n) is 9.00. The summed E-state index contributed by atoms with van der Waals surface area (Å²) in [4.78, 5) is 17.1. The number of nitrogens with zero attached hydrogens (tertiary/aromatic N) is 2. The molecule has 2 N–H and O–H groups in total. The van der Waals surface area contributed by atoms with Crippen molar-refractivity contribution in [2.75, 3.05) is 12.4 Å². The highest BCUT2D eigenvalue weighted by molar-refractivity contribution is 7.72. The fraction of sp³-hybridized carbons (Fsp3) is 0.250. The van der Waals surface area contributed by atoms with Crippen molar-refractivity contribution in [3.63, 3.8) is 0 Å². The number of halogens is 1. The number of thiol groups is 1. The van der Waals surface area contributed by atoms with Gasteiger partial charge in [-0.1, -0.05) is 12.1 Å². The Morgan fingerprint density at radius 2 is 1.93 bits per heavy atom. The van der Waals surface area contributed by atoms with Crippen LogP contribution < -0.4 is 10.9 Å². The zero-order valence-corrected chi connectivity index (χ0v) is 16.5. The number of benzene rings is 1. The van der Waals surface area contributed by atoms with E-state index < -0.39 is 10.7 Å². The van der Waals surface area contributed by atoms with Gasteiger partial charge in [0.1, 0.15) is 11.3 Å². The maximum absolute atomic E-state index is 13.1. The molecule has 0 amide bonds. The largest absolute Gasteiger partial charge is 0.505 e. The molecule has 1 radical (unpaired) electrons. The van der Waals surface area contributed by atoms with E-state index in [1.165, 1.54) is 16.7 Å². The van der Waals surface area contributed by atoms with Gasteiger partial charge in [0, 0.05) is 19.3 Å². The highest BCUT2D eigenvalue weighted by atomic mass is 32.2. The van der Waals surface area contributed by atoms with Crippen molar-refractivity contribution in [1.82, 2.24) is 14.9 Å². The van der Waals surface area contributed by atoms with E-state index in [2.05, 4.69) is 17.2 Å². The molecule has 3 rings (SSSR count). The third kappa shape index (κ3) is 4.80. The fourth-order valence-electron chi connectivity index (χ4n) is 3.14. The Hall–Kier alpha value is -2.78. The van der Waals surface area contributed by atoms with Crippen molar-refractivity contribution in [1.29, 1.82) is 0 Å².